The van der Waals surface area contributed by atoms with Gasteiger partial charge < -0.3 is 10.4 Å². The van der Waals surface area contributed by atoms with Crippen molar-refractivity contribution in [2.75, 3.05) is 12.3 Å². The molecule has 1 heterocycles. The first-order chi connectivity index (χ1) is 9.50. The molecule has 6 heteroatoms. The van der Waals surface area contributed by atoms with Gasteiger partial charge >= 0.3 is 12.0 Å². The van der Waals surface area contributed by atoms with Gasteiger partial charge in [0, 0.05) is 12.3 Å². The zero-order valence-corrected chi connectivity index (χ0v) is 13.0. The van der Waals surface area contributed by atoms with Gasteiger partial charge in [-0.25, -0.2) is 9.59 Å². The summed E-state index contributed by atoms with van der Waals surface area (Å²) in [5, 5.41) is 12.1. The Balaban J connectivity index is 1.86. The summed E-state index contributed by atoms with van der Waals surface area (Å²) >= 11 is 1.56. The Morgan fingerprint density at radius 1 is 1.40 bits per heavy atom. The number of hydrogen-bond acceptors (Lipinski definition) is 3. The van der Waals surface area contributed by atoms with Crippen LogP contribution in [0.25, 0.3) is 0 Å². The molecule has 20 heavy (non-hydrogen) atoms. The largest absolute Gasteiger partial charge is 0.480 e. The monoisotopic (exact) mass is 300 g/mol. The SMILES string of the molecule is CC(C)C1SCC(C(=O)O)N1C(=O)NCCCC1CC1. The molecule has 0 bridgehead atoms. The summed E-state index contributed by atoms with van der Waals surface area (Å²) in [6, 6.07) is -0.923. The third-order valence-corrected chi connectivity index (χ3v) is 5.51. The normalized spacial score (nSPS) is 26.1. The van der Waals surface area contributed by atoms with Crippen molar-refractivity contribution < 1.29 is 14.7 Å². The van der Waals surface area contributed by atoms with Crippen LogP contribution in [0.2, 0.25) is 0 Å². The Morgan fingerprint density at radius 2 is 2.10 bits per heavy atom. The number of carbonyl (C=O) groups excluding carboxylic acids is 1. The first-order valence-electron chi connectivity index (χ1n) is 7.41. The summed E-state index contributed by atoms with van der Waals surface area (Å²) < 4.78 is 0. The van der Waals surface area contributed by atoms with Gasteiger partial charge in [0.2, 0.25) is 0 Å². The van der Waals surface area contributed by atoms with Crippen molar-refractivity contribution in [1.82, 2.24) is 10.2 Å². The van der Waals surface area contributed by atoms with E-state index in [0.29, 0.717) is 12.3 Å². The van der Waals surface area contributed by atoms with Gasteiger partial charge in [-0.2, -0.15) is 0 Å². The van der Waals surface area contributed by atoms with Gasteiger partial charge in [0.1, 0.15) is 6.04 Å². The second kappa shape index (κ2) is 6.70. The number of amides is 2. The zero-order chi connectivity index (χ0) is 14.7. The number of rotatable bonds is 6. The summed E-state index contributed by atoms with van der Waals surface area (Å²) in [6.07, 6.45) is 4.81. The highest BCUT2D eigenvalue weighted by molar-refractivity contribution is 8.00. The lowest BCUT2D eigenvalue weighted by Gasteiger charge is -2.29. The van der Waals surface area contributed by atoms with Crippen LogP contribution in [0.3, 0.4) is 0 Å². The molecule has 2 amide bonds. The molecular formula is C14H24N2O3S. The highest BCUT2D eigenvalue weighted by Gasteiger charge is 2.42. The first kappa shape index (κ1) is 15.5. The summed E-state index contributed by atoms with van der Waals surface area (Å²) in [5.74, 6) is 0.688. The molecule has 0 aromatic heterocycles. The predicted molar refractivity (Wildman–Crippen MR) is 79.7 cm³/mol. The van der Waals surface area contributed by atoms with Gasteiger partial charge in [-0.3, -0.25) is 4.90 Å². The van der Waals surface area contributed by atoms with Crippen molar-refractivity contribution in [3.05, 3.63) is 0 Å². The zero-order valence-electron chi connectivity index (χ0n) is 12.2. The number of nitrogens with one attached hydrogen (secondary N) is 1. The maximum Gasteiger partial charge on any atom is 0.327 e. The molecule has 2 aliphatic rings. The molecule has 0 spiro atoms. The number of hydrogen-bond donors (Lipinski definition) is 2. The van der Waals surface area contributed by atoms with E-state index in [1.165, 1.54) is 24.2 Å². The van der Waals surface area contributed by atoms with Gasteiger partial charge in [0.25, 0.3) is 0 Å². The van der Waals surface area contributed by atoms with Gasteiger partial charge in [0.05, 0.1) is 5.37 Å². The molecule has 1 aliphatic carbocycles. The van der Waals surface area contributed by atoms with E-state index < -0.39 is 12.0 Å². The number of carboxylic acid groups (broad SMARTS) is 1. The van der Waals surface area contributed by atoms with Crippen LogP contribution in [-0.4, -0.2) is 45.7 Å². The van der Waals surface area contributed by atoms with Crippen LogP contribution in [-0.2, 0) is 4.79 Å². The molecule has 0 aromatic rings. The van der Waals surface area contributed by atoms with Crippen LogP contribution in [0.15, 0.2) is 0 Å². The van der Waals surface area contributed by atoms with Crippen LogP contribution in [0.4, 0.5) is 4.79 Å². The minimum Gasteiger partial charge on any atom is -0.480 e. The second-order valence-corrected chi connectivity index (χ2v) is 7.20. The van der Waals surface area contributed by atoms with E-state index in [4.69, 9.17) is 0 Å². The molecule has 2 fully saturated rings. The first-order valence-corrected chi connectivity index (χ1v) is 8.46. The fourth-order valence-corrected chi connectivity index (χ4v) is 4.04. The van der Waals surface area contributed by atoms with E-state index in [9.17, 15) is 14.7 Å². The Bertz CT molecular complexity index is 371. The van der Waals surface area contributed by atoms with Gasteiger partial charge in [-0.05, 0) is 24.7 Å². The number of nitrogens with zero attached hydrogens (tertiary/aromatic N) is 1. The second-order valence-electron chi connectivity index (χ2n) is 6.05. The summed E-state index contributed by atoms with van der Waals surface area (Å²) in [4.78, 5) is 25.1. The minimum absolute atomic E-state index is 0.0421. The smallest absolute Gasteiger partial charge is 0.327 e. The fourth-order valence-electron chi connectivity index (χ4n) is 2.57. The molecule has 0 aromatic carbocycles. The Morgan fingerprint density at radius 3 is 2.65 bits per heavy atom. The number of aliphatic carboxylic acids is 1. The third-order valence-electron chi connectivity index (χ3n) is 3.89. The molecule has 0 radical (unpaired) electrons. The van der Waals surface area contributed by atoms with Crippen molar-refractivity contribution in [2.45, 2.75) is 50.9 Å². The van der Waals surface area contributed by atoms with E-state index in [-0.39, 0.29) is 17.3 Å². The van der Waals surface area contributed by atoms with Crippen molar-refractivity contribution in [2.24, 2.45) is 11.8 Å². The molecule has 1 aliphatic heterocycles. The third kappa shape index (κ3) is 3.81. The highest BCUT2D eigenvalue weighted by atomic mass is 32.2. The van der Waals surface area contributed by atoms with E-state index in [1.807, 2.05) is 13.8 Å². The maximum atomic E-state index is 12.3. The molecule has 2 rings (SSSR count). The molecule has 5 nitrogen and oxygen atoms in total. The van der Waals surface area contributed by atoms with E-state index in [0.717, 1.165) is 12.3 Å². The summed E-state index contributed by atoms with van der Waals surface area (Å²) in [5.41, 5.74) is 0. The maximum absolute atomic E-state index is 12.3. The Kier molecular flexibility index (Phi) is 5.18. The quantitative estimate of drug-likeness (QED) is 0.739. The minimum atomic E-state index is -0.909. The molecule has 1 saturated carbocycles. The summed E-state index contributed by atoms with van der Waals surface area (Å²) in [6.45, 7) is 4.69. The van der Waals surface area contributed by atoms with Crippen LogP contribution in [0, 0.1) is 11.8 Å². The van der Waals surface area contributed by atoms with Crippen LogP contribution >= 0.6 is 11.8 Å². The highest BCUT2D eigenvalue weighted by Crippen LogP contribution is 2.34. The molecule has 1 saturated heterocycles. The van der Waals surface area contributed by atoms with Crippen molar-refractivity contribution in [1.29, 1.82) is 0 Å². The number of thioether (sulfide) groups is 1. The van der Waals surface area contributed by atoms with E-state index in [2.05, 4.69) is 5.32 Å². The molecule has 2 unspecified atom stereocenters. The fraction of sp³-hybridized carbons (Fsp3) is 0.857. The van der Waals surface area contributed by atoms with E-state index in [1.54, 1.807) is 11.8 Å². The van der Waals surface area contributed by atoms with Crippen molar-refractivity contribution in [3.8, 4) is 0 Å². The average Bonchev–Trinajstić information content (AvgIpc) is 3.08. The predicted octanol–water partition coefficient (Wildman–Crippen LogP) is 2.37. The lowest BCUT2D eigenvalue weighted by molar-refractivity contribution is -0.141. The van der Waals surface area contributed by atoms with Crippen LogP contribution in [0.5, 0.6) is 0 Å². The standard InChI is InChI=1S/C14H24N2O3S/c1-9(2)12-16(11(8-20-12)13(17)18)14(19)15-7-3-4-10-5-6-10/h9-12H,3-8H2,1-2H3,(H,15,19)(H,17,18). The molecule has 2 atom stereocenters. The van der Waals surface area contributed by atoms with Crippen LogP contribution < -0.4 is 5.32 Å². The van der Waals surface area contributed by atoms with E-state index >= 15 is 0 Å². The number of carbonyl (C=O) groups is 2. The van der Waals surface area contributed by atoms with Gasteiger partial charge in [0.15, 0.2) is 0 Å². The topological polar surface area (TPSA) is 69.6 Å². The molecular weight excluding hydrogens is 276 g/mol. The van der Waals surface area contributed by atoms with Crippen molar-refractivity contribution in [3.63, 3.8) is 0 Å². The van der Waals surface area contributed by atoms with Gasteiger partial charge in [-0.15, -0.1) is 11.8 Å². The van der Waals surface area contributed by atoms with Crippen molar-refractivity contribution >= 4 is 23.8 Å². The number of carboxylic acids is 1. The Labute approximate surface area is 124 Å². The van der Waals surface area contributed by atoms with Crippen LogP contribution in [0.1, 0.15) is 39.5 Å². The lowest BCUT2D eigenvalue weighted by atomic mass is 10.1. The average molecular weight is 300 g/mol. The van der Waals surface area contributed by atoms with Gasteiger partial charge in [-0.1, -0.05) is 26.7 Å². The molecule has 114 valence electrons. The Hall–Kier alpha value is -0.910. The number of urea groups is 1. The summed E-state index contributed by atoms with van der Waals surface area (Å²) in [7, 11) is 0. The lowest BCUT2D eigenvalue weighted by Crippen LogP contribution is -2.51. The molecule has 2 N–H and O–H groups in total.